The number of morpholine rings is 1. The molecule has 1 rings (SSSR count). The van der Waals surface area contributed by atoms with Gasteiger partial charge in [0.1, 0.15) is 0 Å². The lowest BCUT2D eigenvalue weighted by Crippen LogP contribution is -2.41. The third kappa shape index (κ3) is 7.31. The van der Waals surface area contributed by atoms with Crippen LogP contribution in [0.5, 0.6) is 0 Å². The molecule has 100 valence electrons. The second-order valence-corrected chi connectivity index (χ2v) is 4.52. The molecule has 1 amide bonds. The van der Waals surface area contributed by atoms with Gasteiger partial charge in [-0.05, 0) is 20.3 Å². The summed E-state index contributed by atoms with van der Waals surface area (Å²) >= 11 is 0. The summed E-state index contributed by atoms with van der Waals surface area (Å²) < 4.78 is 10.8. The molecular formula is C12H24N2O3. The van der Waals surface area contributed by atoms with Crippen molar-refractivity contribution in [2.75, 3.05) is 32.8 Å². The van der Waals surface area contributed by atoms with Gasteiger partial charge >= 0.3 is 0 Å². The first-order valence-electron chi connectivity index (χ1n) is 6.39. The molecule has 17 heavy (non-hydrogen) atoms. The number of hydrogen-bond donors (Lipinski definition) is 2. The minimum absolute atomic E-state index is 0.0238. The van der Waals surface area contributed by atoms with Crippen molar-refractivity contribution < 1.29 is 14.3 Å². The van der Waals surface area contributed by atoms with Crippen LogP contribution in [0.25, 0.3) is 0 Å². The molecule has 0 aromatic heterocycles. The maximum absolute atomic E-state index is 11.5. The van der Waals surface area contributed by atoms with Crippen LogP contribution in [0.3, 0.4) is 0 Å². The highest BCUT2D eigenvalue weighted by Gasteiger charge is 2.16. The summed E-state index contributed by atoms with van der Waals surface area (Å²) in [5.74, 6) is 0.0586. The normalized spacial score (nSPS) is 20.5. The third-order valence-corrected chi connectivity index (χ3v) is 2.51. The minimum Gasteiger partial charge on any atom is -0.379 e. The zero-order valence-corrected chi connectivity index (χ0v) is 10.8. The maximum atomic E-state index is 11.5. The van der Waals surface area contributed by atoms with Crippen LogP contribution in [0, 0.1) is 0 Å². The Labute approximate surface area is 103 Å². The van der Waals surface area contributed by atoms with Crippen molar-refractivity contribution in [1.82, 2.24) is 10.6 Å². The molecule has 0 saturated carbocycles. The Kier molecular flexibility index (Phi) is 7.16. The van der Waals surface area contributed by atoms with Crippen molar-refractivity contribution in [1.29, 1.82) is 0 Å². The predicted octanol–water partition coefficient (Wildman–Crippen LogP) is 0.296. The summed E-state index contributed by atoms with van der Waals surface area (Å²) in [6.07, 6.45) is 1.58. The van der Waals surface area contributed by atoms with Gasteiger partial charge in [-0.15, -0.1) is 0 Å². The van der Waals surface area contributed by atoms with Crippen molar-refractivity contribution in [3.63, 3.8) is 0 Å². The SMILES string of the molecule is CC(C)OCCCNC(=O)CC1CNCCO1. The summed E-state index contributed by atoms with van der Waals surface area (Å²) in [6.45, 7) is 7.72. The molecule has 1 unspecified atom stereocenters. The Morgan fingerprint density at radius 1 is 1.59 bits per heavy atom. The van der Waals surface area contributed by atoms with E-state index in [1.54, 1.807) is 0 Å². The van der Waals surface area contributed by atoms with E-state index in [1.807, 2.05) is 13.8 Å². The number of amides is 1. The van der Waals surface area contributed by atoms with Crippen LogP contribution < -0.4 is 10.6 Å². The Morgan fingerprint density at radius 2 is 2.41 bits per heavy atom. The minimum atomic E-state index is 0.0238. The highest BCUT2D eigenvalue weighted by molar-refractivity contribution is 5.76. The first kappa shape index (κ1) is 14.4. The fourth-order valence-electron chi connectivity index (χ4n) is 1.65. The van der Waals surface area contributed by atoms with Gasteiger partial charge < -0.3 is 20.1 Å². The molecule has 0 spiro atoms. The molecule has 1 fully saturated rings. The highest BCUT2D eigenvalue weighted by Crippen LogP contribution is 2.00. The van der Waals surface area contributed by atoms with Gasteiger partial charge in [-0.2, -0.15) is 0 Å². The maximum Gasteiger partial charge on any atom is 0.222 e. The van der Waals surface area contributed by atoms with Crippen LogP contribution in [-0.2, 0) is 14.3 Å². The van der Waals surface area contributed by atoms with E-state index in [0.29, 0.717) is 26.2 Å². The molecule has 1 atom stereocenters. The van der Waals surface area contributed by atoms with Gasteiger partial charge in [0.2, 0.25) is 5.91 Å². The predicted molar refractivity (Wildman–Crippen MR) is 65.9 cm³/mol. The van der Waals surface area contributed by atoms with E-state index < -0.39 is 0 Å². The summed E-state index contributed by atoms with van der Waals surface area (Å²) in [4.78, 5) is 11.5. The second kappa shape index (κ2) is 8.44. The van der Waals surface area contributed by atoms with Gasteiger partial charge in [0.25, 0.3) is 0 Å². The number of hydrogen-bond acceptors (Lipinski definition) is 4. The molecule has 5 nitrogen and oxygen atoms in total. The highest BCUT2D eigenvalue weighted by atomic mass is 16.5. The van der Waals surface area contributed by atoms with Crippen molar-refractivity contribution in [3.05, 3.63) is 0 Å². The zero-order valence-electron chi connectivity index (χ0n) is 10.8. The average molecular weight is 244 g/mol. The standard InChI is InChI=1S/C12H24N2O3/c1-10(2)16-6-3-4-14-12(15)8-11-9-13-5-7-17-11/h10-11,13H,3-9H2,1-2H3,(H,14,15). The molecule has 1 aliphatic rings. The van der Waals surface area contributed by atoms with Gasteiger partial charge in [0, 0.05) is 26.2 Å². The summed E-state index contributed by atoms with van der Waals surface area (Å²) in [5, 5.41) is 6.08. The van der Waals surface area contributed by atoms with Crippen molar-refractivity contribution in [3.8, 4) is 0 Å². The molecule has 1 aliphatic heterocycles. The largest absolute Gasteiger partial charge is 0.379 e. The summed E-state index contributed by atoms with van der Waals surface area (Å²) in [7, 11) is 0. The van der Waals surface area contributed by atoms with Crippen LogP contribution in [-0.4, -0.2) is 51.0 Å². The quantitative estimate of drug-likeness (QED) is 0.632. The summed E-state index contributed by atoms with van der Waals surface area (Å²) in [5.41, 5.74) is 0. The molecular weight excluding hydrogens is 220 g/mol. The number of nitrogens with one attached hydrogen (secondary N) is 2. The molecule has 1 saturated heterocycles. The van der Waals surface area contributed by atoms with Crippen LogP contribution >= 0.6 is 0 Å². The molecule has 2 N–H and O–H groups in total. The van der Waals surface area contributed by atoms with E-state index in [9.17, 15) is 4.79 Å². The van der Waals surface area contributed by atoms with E-state index in [-0.39, 0.29) is 18.1 Å². The topological polar surface area (TPSA) is 59.6 Å². The smallest absolute Gasteiger partial charge is 0.222 e. The Bertz CT molecular complexity index is 216. The summed E-state index contributed by atoms with van der Waals surface area (Å²) in [6, 6.07) is 0. The lowest BCUT2D eigenvalue weighted by atomic mass is 10.2. The van der Waals surface area contributed by atoms with E-state index in [2.05, 4.69) is 10.6 Å². The monoisotopic (exact) mass is 244 g/mol. The second-order valence-electron chi connectivity index (χ2n) is 4.52. The number of carbonyl (C=O) groups is 1. The molecule has 0 aromatic rings. The molecule has 0 aliphatic carbocycles. The van der Waals surface area contributed by atoms with Gasteiger partial charge in [-0.3, -0.25) is 4.79 Å². The molecule has 0 bridgehead atoms. The van der Waals surface area contributed by atoms with E-state index in [1.165, 1.54) is 0 Å². The van der Waals surface area contributed by atoms with Gasteiger partial charge in [0.05, 0.1) is 25.2 Å². The van der Waals surface area contributed by atoms with Crippen molar-refractivity contribution in [2.45, 2.75) is 38.9 Å². The number of rotatable bonds is 7. The Hall–Kier alpha value is -0.650. The average Bonchev–Trinajstić information content (AvgIpc) is 2.29. The zero-order chi connectivity index (χ0) is 12.5. The van der Waals surface area contributed by atoms with Gasteiger partial charge in [-0.1, -0.05) is 0 Å². The first-order chi connectivity index (χ1) is 8.18. The third-order valence-electron chi connectivity index (χ3n) is 2.51. The van der Waals surface area contributed by atoms with Crippen LogP contribution in [0.1, 0.15) is 26.7 Å². The fourth-order valence-corrected chi connectivity index (χ4v) is 1.65. The van der Waals surface area contributed by atoms with Crippen molar-refractivity contribution in [2.24, 2.45) is 0 Å². The lowest BCUT2D eigenvalue weighted by molar-refractivity contribution is -0.124. The molecule has 1 heterocycles. The van der Waals surface area contributed by atoms with Crippen LogP contribution in [0.2, 0.25) is 0 Å². The van der Waals surface area contributed by atoms with Crippen LogP contribution in [0.15, 0.2) is 0 Å². The van der Waals surface area contributed by atoms with E-state index in [4.69, 9.17) is 9.47 Å². The van der Waals surface area contributed by atoms with Gasteiger partial charge in [0.15, 0.2) is 0 Å². The van der Waals surface area contributed by atoms with E-state index in [0.717, 1.165) is 19.5 Å². The Balaban J connectivity index is 1.97. The van der Waals surface area contributed by atoms with Crippen LogP contribution in [0.4, 0.5) is 0 Å². The fraction of sp³-hybridized carbons (Fsp3) is 0.917. The van der Waals surface area contributed by atoms with Gasteiger partial charge in [-0.25, -0.2) is 0 Å². The molecule has 0 radical (unpaired) electrons. The first-order valence-corrected chi connectivity index (χ1v) is 6.39. The van der Waals surface area contributed by atoms with E-state index >= 15 is 0 Å². The lowest BCUT2D eigenvalue weighted by Gasteiger charge is -2.23. The number of ether oxygens (including phenoxy) is 2. The molecule has 5 heteroatoms. The number of carbonyl (C=O) groups excluding carboxylic acids is 1. The molecule has 0 aromatic carbocycles. The Morgan fingerprint density at radius 3 is 3.06 bits per heavy atom. The van der Waals surface area contributed by atoms with Crippen molar-refractivity contribution >= 4 is 5.91 Å².